The van der Waals surface area contributed by atoms with Gasteiger partial charge in [0, 0.05) is 13.1 Å². The number of amides is 1. The highest BCUT2D eigenvalue weighted by Gasteiger charge is 2.47. The molecule has 0 aliphatic carbocycles. The molecule has 1 fully saturated rings. The number of piperidine rings is 1. The van der Waals surface area contributed by atoms with E-state index in [0.29, 0.717) is 4.90 Å². The number of rotatable bonds is 0. The first-order valence-corrected chi connectivity index (χ1v) is 4.05. The van der Waals surface area contributed by atoms with Crippen LogP contribution in [0.15, 0.2) is 0 Å². The largest absolute Gasteiger partial charge is 0.465 e. The molecule has 1 rings (SSSR count). The number of aliphatic hydroxyl groups is 1. The molecule has 82 valence electrons. The summed E-state index contributed by atoms with van der Waals surface area (Å²) in [5.74, 6) is -1.97. The third-order valence-electron chi connectivity index (χ3n) is 2.27. The highest BCUT2D eigenvalue weighted by atomic mass is 19.4. The SMILES string of the molecule is O=C(O)N1CCC(O)C(C(F)(F)F)C1. The van der Waals surface area contributed by atoms with Gasteiger partial charge in [-0.2, -0.15) is 13.2 Å². The van der Waals surface area contributed by atoms with Crippen LogP contribution in [0.1, 0.15) is 6.42 Å². The van der Waals surface area contributed by atoms with Gasteiger partial charge in [-0.1, -0.05) is 0 Å². The van der Waals surface area contributed by atoms with Gasteiger partial charge < -0.3 is 15.1 Å². The van der Waals surface area contributed by atoms with Crippen molar-refractivity contribution in [2.45, 2.75) is 18.7 Å². The van der Waals surface area contributed by atoms with E-state index in [4.69, 9.17) is 10.2 Å². The molecule has 0 aromatic heterocycles. The third kappa shape index (κ3) is 2.28. The minimum atomic E-state index is -4.55. The van der Waals surface area contributed by atoms with Crippen LogP contribution < -0.4 is 0 Å². The predicted octanol–water partition coefficient (Wildman–Crippen LogP) is 0.910. The molecule has 14 heavy (non-hydrogen) atoms. The molecular formula is C7H10F3NO3. The van der Waals surface area contributed by atoms with E-state index in [9.17, 15) is 18.0 Å². The topological polar surface area (TPSA) is 60.8 Å². The fourth-order valence-electron chi connectivity index (χ4n) is 1.44. The summed E-state index contributed by atoms with van der Waals surface area (Å²) in [6.45, 7) is -0.733. The average Bonchev–Trinajstić information content (AvgIpc) is 2.02. The normalized spacial score (nSPS) is 29.0. The van der Waals surface area contributed by atoms with Gasteiger partial charge in [-0.05, 0) is 6.42 Å². The molecule has 0 radical (unpaired) electrons. The summed E-state index contributed by atoms with van der Waals surface area (Å²) in [4.78, 5) is 11.1. The van der Waals surface area contributed by atoms with E-state index >= 15 is 0 Å². The van der Waals surface area contributed by atoms with Crippen LogP contribution in [-0.4, -0.2) is 46.6 Å². The molecule has 0 spiro atoms. The number of carboxylic acid groups (broad SMARTS) is 1. The molecule has 0 aromatic rings. The van der Waals surface area contributed by atoms with Gasteiger partial charge in [0.05, 0.1) is 12.0 Å². The maximum absolute atomic E-state index is 12.2. The van der Waals surface area contributed by atoms with Crippen LogP contribution in [0.4, 0.5) is 18.0 Å². The first-order chi connectivity index (χ1) is 6.32. The number of carbonyl (C=O) groups is 1. The van der Waals surface area contributed by atoms with Gasteiger partial charge in [0.2, 0.25) is 0 Å². The molecule has 7 heteroatoms. The number of aliphatic hydroxyl groups excluding tert-OH is 1. The molecule has 2 atom stereocenters. The predicted molar refractivity (Wildman–Crippen MR) is 39.8 cm³/mol. The van der Waals surface area contributed by atoms with E-state index < -0.39 is 30.8 Å². The van der Waals surface area contributed by atoms with Crippen molar-refractivity contribution in [2.75, 3.05) is 13.1 Å². The Balaban J connectivity index is 2.69. The van der Waals surface area contributed by atoms with Crippen molar-refractivity contribution in [3.8, 4) is 0 Å². The standard InChI is InChI=1S/C7H10F3NO3/c8-7(9,10)4-3-11(6(13)14)2-1-5(4)12/h4-5,12H,1-3H2,(H,13,14). The second kappa shape index (κ2) is 3.64. The molecule has 2 N–H and O–H groups in total. The summed E-state index contributed by atoms with van der Waals surface area (Å²) in [5.41, 5.74) is 0. The number of halogens is 3. The van der Waals surface area contributed by atoms with Crippen LogP contribution in [0, 0.1) is 5.92 Å². The first kappa shape index (κ1) is 11.1. The smallest absolute Gasteiger partial charge is 0.407 e. The van der Waals surface area contributed by atoms with E-state index in [1.807, 2.05) is 0 Å². The highest BCUT2D eigenvalue weighted by molar-refractivity contribution is 5.65. The van der Waals surface area contributed by atoms with Gasteiger partial charge in [-0.3, -0.25) is 0 Å². The Morgan fingerprint density at radius 3 is 2.43 bits per heavy atom. The fraction of sp³-hybridized carbons (Fsp3) is 0.857. The van der Waals surface area contributed by atoms with Crippen molar-refractivity contribution in [1.82, 2.24) is 4.90 Å². The molecule has 2 unspecified atom stereocenters. The van der Waals surface area contributed by atoms with Crippen LogP contribution in [0.3, 0.4) is 0 Å². The lowest BCUT2D eigenvalue weighted by Gasteiger charge is -2.35. The third-order valence-corrected chi connectivity index (χ3v) is 2.27. The lowest BCUT2D eigenvalue weighted by molar-refractivity contribution is -0.211. The van der Waals surface area contributed by atoms with E-state index in [1.54, 1.807) is 0 Å². The monoisotopic (exact) mass is 213 g/mol. The lowest BCUT2D eigenvalue weighted by atomic mass is 9.94. The summed E-state index contributed by atoms with van der Waals surface area (Å²) in [6.07, 6.45) is -7.60. The Hall–Kier alpha value is -0.980. The number of hydrogen-bond donors (Lipinski definition) is 2. The van der Waals surface area contributed by atoms with Crippen molar-refractivity contribution in [3.05, 3.63) is 0 Å². The Morgan fingerprint density at radius 1 is 1.43 bits per heavy atom. The Kier molecular flexibility index (Phi) is 2.89. The number of alkyl halides is 3. The van der Waals surface area contributed by atoms with Crippen LogP contribution in [-0.2, 0) is 0 Å². The molecule has 1 heterocycles. The fourth-order valence-corrected chi connectivity index (χ4v) is 1.44. The molecule has 1 aliphatic rings. The minimum Gasteiger partial charge on any atom is -0.465 e. The second-order valence-electron chi connectivity index (χ2n) is 3.23. The van der Waals surface area contributed by atoms with Crippen molar-refractivity contribution < 1.29 is 28.2 Å². The van der Waals surface area contributed by atoms with Crippen molar-refractivity contribution in [3.63, 3.8) is 0 Å². The zero-order chi connectivity index (χ0) is 10.9. The molecule has 0 aromatic carbocycles. The Bertz CT molecular complexity index is 231. The molecule has 4 nitrogen and oxygen atoms in total. The van der Waals surface area contributed by atoms with Gasteiger partial charge in [0.25, 0.3) is 0 Å². The van der Waals surface area contributed by atoms with Gasteiger partial charge >= 0.3 is 12.3 Å². The molecule has 1 saturated heterocycles. The molecular weight excluding hydrogens is 203 g/mol. The number of nitrogens with zero attached hydrogens (tertiary/aromatic N) is 1. The summed E-state index contributed by atoms with van der Waals surface area (Å²) in [6, 6.07) is 0. The summed E-state index contributed by atoms with van der Waals surface area (Å²) < 4.78 is 36.7. The lowest BCUT2D eigenvalue weighted by Crippen LogP contribution is -2.50. The zero-order valence-electron chi connectivity index (χ0n) is 7.16. The minimum absolute atomic E-state index is 0.0525. The molecule has 1 aliphatic heterocycles. The van der Waals surface area contributed by atoms with E-state index in [2.05, 4.69) is 0 Å². The molecule has 0 bridgehead atoms. The second-order valence-corrected chi connectivity index (χ2v) is 3.23. The van der Waals surface area contributed by atoms with Gasteiger partial charge in [-0.15, -0.1) is 0 Å². The van der Waals surface area contributed by atoms with Crippen LogP contribution in [0.5, 0.6) is 0 Å². The Morgan fingerprint density at radius 2 is 2.00 bits per heavy atom. The number of likely N-dealkylation sites (tertiary alicyclic amines) is 1. The Labute approximate surface area is 77.9 Å². The van der Waals surface area contributed by atoms with Crippen LogP contribution in [0.25, 0.3) is 0 Å². The van der Waals surface area contributed by atoms with E-state index in [-0.39, 0.29) is 13.0 Å². The first-order valence-electron chi connectivity index (χ1n) is 4.05. The number of hydrogen-bond acceptors (Lipinski definition) is 2. The summed E-state index contributed by atoms with van der Waals surface area (Å²) in [7, 11) is 0. The zero-order valence-corrected chi connectivity index (χ0v) is 7.16. The van der Waals surface area contributed by atoms with Gasteiger partial charge in [-0.25, -0.2) is 4.79 Å². The van der Waals surface area contributed by atoms with Crippen LogP contribution >= 0.6 is 0 Å². The van der Waals surface area contributed by atoms with Crippen molar-refractivity contribution in [1.29, 1.82) is 0 Å². The summed E-state index contributed by atoms with van der Waals surface area (Å²) >= 11 is 0. The van der Waals surface area contributed by atoms with Gasteiger partial charge in [0.1, 0.15) is 0 Å². The summed E-state index contributed by atoms with van der Waals surface area (Å²) in [5, 5.41) is 17.5. The highest BCUT2D eigenvalue weighted by Crippen LogP contribution is 2.33. The maximum atomic E-state index is 12.2. The quantitative estimate of drug-likeness (QED) is 0.628. The van der Waals surface area contributed by atoms with Crippen LogP contribution in [0.2, 0.25) is 0 Å². The average molecular weight is 213 g/mol. The molecule has 1 amide bonds. The maximum Gasteiger partial charge on any atom is 0.407 e. The van der Waals surface area contributed by atoms with E-state index in [1.165, 1.54) is 0 Å². The van der Waals surface area contributed by atoms with Crippen molar-refractivity contribution >= 4 is 6.09 Å². The van der Waals surface area contributed by atoms with E-state index in [0.717, 1.165) is 0 Å². The molecule has 0 saturated carbocycles. The van der Waals surface area contributed by atoms with Crippen molar-refractivity contribution in [2.24, 2.45) is 5.92 Å². The van der Waals surface area contributed by atoms with Gasteiger partial charge in [0.15, 0.2) is 0 Å².